The number of likely N-dealkylation sites (tertiary alicyclic amines) is 1. The number of hydrogen-bond acceptors (Lipinski definition) is 5. The van der Waals surface area contributed by atoms with Gasteiger partial charge in [-0.15, -0.1) is 13.2 Å². The van der Waals surface area contributed by atoms with Gasteiger partial charge in [0.05, 0.1) is 11.4 Å². The summed E-state index contributed by atoms with van der Waals surface area (Å²) in [6.45, 7) is 1.91. The van der Waals surface area contributed by atoms with Crippen molar-refractivity contribution in [1.82, 2.24) is 14.9 Å². The molecule has 0 bridgehead atoms. The fourth-order valence-corrected chi connectivity index (χ4v) is 6.11. The third-order valence-electron chi connectivity index (χ3n) is 6.72. The van der Waals surface area contributed by atoms with Crippen molar-refractivity contribution < 1.29 is 45.4 Å². The van der Waals surface area contributed by atoms with Gasteiger partial charge in [-0.05, 0) is 68.2 Å². The Kier molecular flexibility index (Phi) is 8.70. The van der Waals surface area contributed by atoms with Crippen LogP contribution in [0.15, 0.2) is 29.2 Å². The lowest BCUT2D eigenvalue weighted by atomic mass is 9.76. The molecular weight excluding hydrogens is 510 g/mol. The van der Waals surface area contributed by atoms with E-state index in [0.29, 0.717) is 25.7 Å². The Hall–Kier alpha value is -2.61. The van der Waals surface area contributed by atoms with Crippen molar-refractivity contribution in [3.05, 3.63) is 24.3 Å². The molecule has 3 N–H and O–H groups in total. The second-order valence-corrected chi connectivity index (χ2v) is 10.9. The molecule has 1 saturated heterocycles. The molecular formula is C22H29F4N3O6S. The first kappa shape index (κ1) is 28.0. The molecule has 202 valence electrons. The first-order valence-electron chi connectivity index (χ1n) is 11.6. The van der Waals surface area contributed by atoms with Gasteiger partial charge in [0.1, 0.15) is 18.0 Å². The van der Waals surface area contributed by atoms with E-state index in [1.807, 2.05) is 0 Å². The van der Waals surface area contributed by atoms with E-state index < -0.39 is 58.3 Å². The smallest absolute Gasteiger partial charge is 0.465 e. The number of carboxylic acid groups (broad SMARTS) is 1. The van der Waals surface area contributed by atoms with Crippen molar-refractivity contribution >= 4 is 22.0 Å². The maximum atomic E-state index is 13.6. The van der Waals surface area contributed by atoms with Gasteiger partial charge in [-0.25, -0.2) is 22.3 Å². The Labute approximate surface area is 206 Å². The SMILES string of the molecule is C[C@@H](C1CCC(NS(=O)(=O)c2ccc(OC(F)(F)F)cc2)CC1)[C@H](NC(=O)O)C(=O)N1CC[C@H](F)C1. The van der Waals surface area contributed by atoms with Crippen LogP contribution in [0.4, 0.5) is 22.4 Å². The molecule has 3 atom stereocenters. The topological polar surface area (TPSA) is 125 Å². The summed E-state index contributed by atoms with van der Waals surface area (Å²) in [4.78, 5) is 25.3. The minimum atomic E-state index is -4.89. The molecule has 0 spiro atoms. The van der Waals surface area contributed by atoms with Crippen LogP contribution in [0.25, 0.3) is 0 Å². The first-order chi connectivity index (χ1) is 16.7. The third kappa shape index (κ3) is 7.45. The van der Waals surface area contributed by atoms with E-state index in [-0.39, 0.29) is 30.3 Å². The lowest BCUT2D eigenvalue weighted by molar-refractivity contribution is -0.274. The van der Waals surface area contributed by atoms with E-state index in [2.05, 4.69) is 14.8 Å². The van der Waals surface area contributed by atoms with Crippen LogP contribution < -0.4 is 14.8 Å². The van der Waals surface area contributed by atoms with Gasteiger partial charge in [0, 0.05) is 12.6 Å². The fraction of sp³-hybridized carbons (Fsp3) is 0.636. The summed E-state index contributed by atoms with van der Waals surface area (Å²) < 4.78 is 82.1. The summed E-state index contributed by atoms with van der Waals surface area (Å²) >= 11 is 0. The summed E-state index contributed by atoms with van der Waals surface area (Å²) in [5.41, 5.74) is 0. The van der Waals surface area contributed by atoms with Crippen LogP contribution in [0.2, 0.25) is 0 Å². The van der Waals surface area contributed by atoms with Gasteiger partial charge in [-0.1, -0.05) is 6.92 Å². The van der Waals surface area contributed by atoms with Gasteiger partial charge in [0.15, 0.2) is 0 Å². The highest BCUT2D eigenvalue weighted by atomic mass is 32.2. The summed E-state index contributed by atoms with van der Waals surface area (Å²) in [5, 5.41) is 11.5. The Morgan fingerprint density at radius 2 is 1.72 bits per heavy atom. The number of benzene rings is 1. The lowest BCUT2D eigenvalue weighted by Gasteiger charge is -2.36. The number of hydrogen-bond donors (Lipinski definition) is 3. The average Bonchev–Trinajstić information content (AvgIpc) is 3.22. The summed E-state index contributed by atoms with van der Waals surface area (Å²) in [5.74, 6) is -1.48. The lowest BCUT2D eigenvalue weighted by Crippen LogP contribution is -2.53. The predicted octanol–water partition coefficient (Wildman–Crippen LogP) is 3.27. The Balaban J connectivity index is 1.58. The number of nitrogens with one attached hydrogen (secondary N) is 2. The van der Waals surface area contributed by atoms with Gasteiger partial charge in [-0.3, -0.25) is 4.79 Å². The zero-order valence-corrected chi connectivity index (χ0v) is 20.3. The largest absolute Gasteiger partial charge is 0.573 e. The highest BCUT2D eigenvalue weighted by molar-refractivity contribution is 7.89. The summed E-state index contributed by atoms with van der Waals surface area (Å²) in [6.07, 6.45) is -5.28. The van der Waals surface area contributed by atoms with E-state index in [0.717, 1.165) is 24.3 Å². The van der Waals surface area contributed by atoms with Gasteiger partial charge in [0.2, 0.25) is 15.9 Å². The highest BCUT2D eigenvalue weighted by Gasteiger charge is 2.39. The Bertz CT molecular complexity index is 1030. The summed E-state index contributed by atoms with van der Waals surface area (Å²) in [6, 6.07) is 2.40. The zero-order chi connectivity index (χ0) is 26.7. The van der Waals surface area contributed by atoms with Crippen LogP contribution in [0.3, 0.4) is 0 Å². The van der Waals surface area contributed by atoms with E-state index >= 15 is 0 Å². The van der Waals surface area contributed by atoms with Crippen LogP contribution >= 0.6 is 0 Å². The molecule has 0 radical (unpaired) electrons. The van der Waals surface area contributed by atoms with Gasteiger partial charge in [0.25, 0.3) is 0 Å². The molecule has 1 aliphatic heterocycles. The monoisotopic (exact) mass is 539 g/mol. The second kappa shape index (κ2) is 11.2. The fourth-order valence-electron chi connectivity index (χ4n) is 4.81. The molecule has 0 unspecified atom stereocenters. The van der Waals surface area contributed by atoms with Gasteiger partial charge in [-0.2, -0.15) is 0 Å². The van der Waals surface area contributed by atoms with Crippen molar-refractivity contribution in [3.8, 4) is 5.75 Å². The number of alkyl halides is 4. The number of ether oxygens (including phenoxy) is 1. The second-order valence-electron chi connectivity index (χ2n) is 9.21. The summed E-state index contributed by atoms with van der Waals surface area (Å²) in [7, 11) is -3.99. The van der Waals surface area contributed by atoms with E-state index in [9.17, 15) is 40.7 Å². The molecule has 2 amide bonds. The number of amides is 2. The molecule has 2 aliphatic rings. The van der Waals surface area contributed by atoms with Crippen LogP contribution in [0.5, 0.6) is 5.75 Å². The number of sulfonamides is 1. The zero-order valence-electron chi connectivity index (χ0n) is 19.5. The molecule has 14 heteroatoms. The minimum Gasteiger partial charge on any atom is -0.465 e. The first-order valence-corrected chi connectivity index (χ1v) is 13.0. The molecule has 3 rings (SSSR count). The molecule has 1 aromatic carbocycles. The number of halogens is 4. The van der Waals surface area contributed by atoms with Crippen molar-refractivity contribution in [2.24, 2.45) is 11.8 Å². The van der Waals surface area contributed by atoms with Crippen LogP contribution in [0.1, 0.15) is 39.0 Å². The van der Waals surface area contributed by atoms with Crippen LogP contribution in [0, 0.1) is 11.8 Å². The Morgan fingerprint density at radius 3 is 2.22 bits per heavy atom. The quantitative estimate of drug-likeness (QED) is 0.436. The van der Waals surface area contributed by atoms with E-state index in [4.69, 9.17) is 0 Å². The molecule has 9 nitrogen and oxygen atoms in total. The minimum absolute atomic E-state index is 0.0683. The van der Waals surface area contributed by atoms with Crippen molar-refractivity contribution in [2.75, 3.05) is 13.1 Å². The highest BCUT2D eigenvalue weighted by Crippen LogP contribution is 2.33. The number of carbonyl (C=O) groups excluding carboxylic acids is 1. The van der Waals surface area contributed by atoms with E-state index in [1.165, 1.54) is 4.90 Å². The average molecular weight is 540 g/mol. The van der Waals surface area contributed by atoms with Crippen LogP contribution in [-0.2, 0) is 14.8 Å². The molecule has 36 heavy (non-hydrogen) atoms. The maximum absolute atomic E-state index is 13.6. The molecule has 2 fully saturated rings. The van der Waals surface area contributed by atoms with Crippen molar-refractivity contribution in [3.63, 3.8) is 0 Å². The number of carbonyl (C=O) groups is 2. The number of rotatable bonds is 8. The van der Waals surface area contributed by atoms with Crippen LogP contribution in [-0.4, -0.2) is 68.1 Å². The van der Waals surface area contributed by atoms with Crippen molar-refractivity contribution in [1.29, 1.82) is 0 Å². The Morgan fingerprint density at radius 1 is 1.11 bits per heavy atom. The predicted molar refractivity (Wildman–Crippen MR) is 119 cm³/mol. The standard InChI is InChI=1S/C22H29F4N3O6S/c1-13(19(27-21(31)32)20(30)29-11-10-15(23)12-29)14-2-4-16(5-3-14)28-36(33,34)18-8-6-17(7-9-18)35-22(24,25)26/h6-9,13-16,19,27-28H,2-5,10-12H2,1H3,(H,31,32)/t13-,14?,15-,16?,19-/m0/s1. The molecule has 0 aromatic heterocycles. The molecule has 1 aromatic rings. The van der Waals surface area contributed by atoms with Gasteiger partial charge < -0.3 is 20.1 Å². The maximum Gasteiger partial charge on any atom is 0.573 e. The molecule has 1 saturated carbocycles. The molecule has 1 heterocycles. The van der Waals surface area contributed by atoms with Crippen molar-refractivity contribution in [2.45, 2.75) is 68.5 Å². The number of nitrogens with zero attached hydrogens (tertiary/aromatic N) is 1. The van der Waals surface area contributed by atoms with E-state index in [1.54, 1.807) is 6.92 Å². The van der Waals surface area contributed by atoms with Gasteiger partial charge >= 0.3 is 12.5 Å². The normalized spacial score (nSPS) is 24.7. The molecule has 1 aliphatic carbocycles. The third-order valence-corrected chi connectivity index (χ3v) is 8.25.